The number of ether oxygens (including phenoxy) is 2. The van der Waals surface area contributed by atoms with Gasteiger partial charge in [0.05, 0.1) is 13.0 Å². The molecular formula is C31H51N3O6S. The first-order valence-corrected chi connectivity index (χ1v) is 15.4. The Balaban J connectivity index is 3.37. The quantitative estimate of drug-likeness (QED) is 0.126. The van der Waals surface area contributed by atoms with Crippen molar-refractivity contribution in [2.75, 3.05) is 25.4 Å². The molecule has 2 atom stereocenters. The lowest BCUT2D eigenvalue weighted by atomic mass is 9.98. The molecule has 0 saturated carbocycles. The SMILES string of the molecule is CCCCCCCCN(C(=O)C(CS)NC(=O)OC(C)(C)C)C(C(=O)NCCC(=O)OCC)c1ccc(C)c(C)c1. The van der Waals surface area contributed by atoms with E-state index in [1.54, 1.807) is 27.7 Å². The number of hydrogen-bond donors (Lipinski definition) is 3. The molecule has 0 radical (unpaired) electrons. The molecule has 0 aliphatic carbocycles. The van der Waals surface area contributed by atoms with Gasteiger partial charge in [0.2, 0.25) is 11.8 Å². The highest BCUT2D eigenvalue weighted by atomic mass is 32.1. The molecule has 0 aliphatic rings. The molecule has 0 fully saturated rings. The summed E-state index contributed by atoms with van der Waals surface area (Å²) >= 11 is 4.35. The first-order valence-electron chi connectivity index (χ1n) is 14.8. The third-order valence-corrected chi connectivity index (χ3v) is 6.91. The van der Waals surface area contributed by atoms with E-state index in [4.69, 9.17) is 9.47 Å². The molecular weight excluding hydrogens is 542 g/mol. The van der Waals surface area contributed by atoms with Crippen LogP contribution in [0.5, 0.6) is 0 Å². The summed E-state index contributed by atoms with van der Waals surface area (Å²) < 4.78 is 10.4. The Morgan fingerprint density at radius 3 is 2.22 bits per heavy atom. The average Bonchev–Trinajstić information content (AvgIpc) is 2.89. The number of esters is 1. The van der Waals surface area contributed by atoms with E-state index < -0.39 is 41.6 Å². The average molecular weight is 594 g/mol. The van der Waals surface area contributed by atoms with Crippen molar-refractivity contribution in [1.82, 2.24) is 15.5 Å². The number of rotatable bonds is 17. The number of unbranched alkanes of at least 4 members (excludes halogenated alkanes) is 5. The van der Waals surface area contributed by atoms with Crippen LogP contribution < -0.4 is 10.6 Å². The molecule has 2 N–H and O–H groups in total. The summed E-state index contributed by atoms with van der Waals surface area (Å²) in [7, 11) is 0. The number of thiol groups is 1. The van der Waals surface area contributed by atoms with Gasteiger partial charge in [-0.1, -0.05) is 57.2 Å². The van der Waals surface area contributed by atoms with Gasteiger partial charge in [-0.3, -0.25) is 14.4 Å². The fourth-order valence-electron chi connectivity index (χ4n) is 4.29. The second-order valence-corrected chi connectivity index (χ2v) is 11.6. The van der Waals surface area contributed by atoms with Crippen LogP contribution in [0, 0.1) is 13.8 Å². The molecule has 41 heavy (non-hydrogen) atoms. The first kappa shape index (κ1) is 36.3. The van der Waals surface area contributed by atoms with Crippen LogP contribution in [-0.2, 0) is 23.9 Å². The molecule has 0 aliphatic heterocycles. The molecule has 0 bridgehead atoms. The molecule has 2 unspecified atom stereocenters. The number of carbonyl (C=O) groups excluding carboxylic acids is 4. The van der Waals surface area contributed by atoms with Crippen LogP contribution in [0.2, 0.25) is 0 Å². The number of nitrogens with zero attached hydrogens (tertiary/aromatic N) is 1. The molecule has 232 valence electrons. The molecule has 0 aromatic heterocycles. The summed E-state index contributed by atoms with van der Waals surface area (Å²) in [6.07, 6.45) is 5.30. The molecule has 0 spiro atoms. The van der Waals surface area contributed by atoms with Crippen LogP contribution in [0.25, 0.3) is 0 Å². The molecule has 1 rings (SSSR count). The zero-order valence-corrected chi connectivity index (χ0v) is 26.9. The summed E-state index contributed by atoms with van der Waals surface area (Å²) in [5.41, 5.74) is 1.95. The maximum absolute atomic E-state index is 14.0. The van der Waals surface area contributed by atoms with Crippen molar-refractivity contribution in [3.8, 4) is 0 Å². The summed E-state index contributed by atoms with van der Waals surface area (Å²) in [6, 6.07) is 3.70. The number of aryl methyl sites for hydroxylation is 2. The Morgan fingerprint density at radius 2 is 1.63 bits per heavy atom. The fraction of sp³-hybridized carbons (Fsp3) is 0.677. The Labute approximate surface area is 251 Å². The fourth-order valence-corrected chi connectivity index (χ4v) is 4.54. The number of alkyl carbamates (subject to hydrolysis) is 1. The largest absolute Gasteiger partial charge is 0.466 e. The topological polar surface area (TPSA) is 114 Å². The van der Waals surface area contributed by atoms with E-state index in [0.717, 1.165) is 43.2 Å². The predicted molar refractivity (Wildman–Crippen MR) is 165 cm³/mol. The number of nitrogens with one attached hydrogen (secondary N) is 2. The third-order valence-electron chi connectivity index (χ3n) is 6.55. The van der Waals surface area contributed by atoms with Crippen LogP contribution in [0.4, 0.5) is 4.79 Å². The predicted octanol–water partition coefficient (Wildman–Crippen LogP) is 5.43. The van der Waals surface area contributed by atoms with Crippen LogP contribution in [-0.4, -0.2) is 65.9 Å². The molecule has 3 amide bonds. The lowest BCUT2D eigenvalue weighted by Crippen LogP contribution is -2.54. The number of carbonyl (C=O) groups is 4. The van der Waals surface area contributed by atoms with Gasteiger partial charge in [-0.05, 0) is 64.7 Å². The molecule has 1 aromatic carbocycles. The van der Waals surface area contributed by atoms with Crippen LogP contribution in [0.15, 0.2) is 18.2 Å². The van der Waals surface area contributed by atoms with E-state index in [1.165, 1.54) is 4.90 Å². The summed E-state index contributed by atoms with van der Waals surface area (Å²) in [6.45, 7) is 13.7. The van der Waals surface area contributed by atoms with E-state index in [9.17, 15) is 19.2 Å². The molecule has 9 nitrogen and oxygen atoms in total. The number of benzene rings is 1. The lowest BCUT2D eigenvalue weighted by molar-refractivity contribution is -0.144. The monoisotopic (exact) mass is 593 g/mol. The van der Waals surface area contributed by atoms with Crippen LogP contribution in [0.3, 0.4) is 0 Å². The summed E-state index contributed by atoms with van der Waals surface area (Å²) in [4.78, 5) is 53.7. The Morgan fingerprint density at radius 1 is 0.976 bits per heavy atom. The number of amides is 3. The second kappa shape index (κ2) is 18.6. The summed E-state index contributed by atoms with van der Waals surface area (Å²) in [5, 5.41) is 5.46. The van der Waals surface area contributed by atoms with E-state index in [2.05, 4.69) is 30.2 Å². The number of hydrogen-bond acceptors (Lipinski definition) is 7. The molecule has 0 saturated heterocycles. The zero-order chi connectivity index (χ0) is 31.0. The highest BCUT2D eigenvalue weighted by Gasteiger charge is 2.35. The van der Waals surface area contributed by atoms with E-state index >= 15 is 0 Å². The van der Waals surface area contributed by atoms with Crippen molar-refractivity contribution in [2.45, 2.75) is 111 Å². The van der Waals surface area contributed by atoms with Gasteiger partial charge in [-0.15, -0.1) is 0 Å². The standard InChI is InChI=1S/C31H51N3O6S/c1-8-10-11-12-13-14-19-34(29(37)25(21-41)33-30(38)40-31(5,6)7)27(24-16-15-22(3)23(4)20-24)28(36)32-18-17-26(35)39-9-2/h15-16,20,25,27,41H,8-14,17-19,21H2,1-7H3,(H,32,36)(H,33,38). The smallest absolute Gasteiger partial charge is 0.408 e. The van der Waals surface area contributed by atoms with Gasteiger partial charge in [-0.25, -0.2) is 4.79 Å². The molecule has 10 heteroatoms. The molecule has 0 heterocycles. The second-order valence-electron chi connectivity index (χ2n) is 11.3. The van der Waals surface area contributed by atoms with E-state index in [0.29, 0.717) is 18.5 Å². The van der Waals surface area contributed by atoms with E-state index in [1.807, 2.05) is 32.0 Å². The highest BCUT2D eigenvalue weighted by molar-refractivity contribution is 7.80. The minimum absolute atomic E-state index is 0.0179. The van der Waals surface area contributed by atoms with E-state index in [-0.39, 0.29) is 25.3 Å². The Kier molecular flexibility index (Phi) is 16.5. The van der Waals surface area contributed by atoms with Gasteiger partial charge < -0.3 is 25.0 Å². The minimum Gasteiger partial charge on any atom is -0.466 e. The highest BCUT2D eigenvalue weighted by Crippen LogP contribution is 2.26. The van der Waals surface area contributed by atoms with Crippen molar-refractivity contribution < 1.29 is 28.7 Å². The maximum Gasteiger partial charge on any atom is 0.408 e. The Bertz CT molecular complexity index is 995. The van der Waals surface area contributed by atoms with Crippen molar-refractivity contribution in [3.05, 3.63) is 34.9 Å². The first-order chi connectivity index (χ1) is 19.3. The van der Waals surface area contributed by atoms with Gasteiger partial charge in [0, 0.05) is 18.8 Å². The maximum atomic E-state index is 14.0. The van der Waals surface area contributed by atoms with Crippen molar-refractivity contribution in [2.24, 2.45) is 0 Å². The zero-order valence-electron chi connectivity index (χ0n) is 26.0. The van der Waals surface area contributed by atoms with Crippen molar-refractivity contribution in [1.29, 1.82) is 0 Å². The lowest BCUT2D eigenvalue weighted by Gasteiger charge is -2.34. The van der Waals surface area contributed by atoms with Gasteiger partial charge in [0.15, 0.2) is 0 Å². The summed E-state index contributed by atoms with van der Waals surface area (Å²) in [5.74, 6) is -1.22. The van der Waals surface area contributed by atoms with Gasteiger partial charge in [-0.2, -0.15) is 12.6 Å². The van der Waals surface area contributed by atoms with Crippen molar-refractivity contribution >= 4 is 36.5 Å². The van der Waals surface area contributed by atoms with Crippen molar-refractivity contribution in [3.63, 3.8) is 0 Å². The van der Waals surface area contributed by atoms with Crippen LogP contribution >= 0.6 is 12.6 Å². The molecule has 1 aromatic rings. The minimum atomic E-state index is -1.00. The third kappa shape index (κ3) is 13.6. The Hall–Kier alpha value is -2.75. The van der Waals surface area contributed by atoms with Crippen LogP contribution in [0.1, 0.15) is 102 Å². The normalized spacial score (nSPS) is 12.7. The van der Waals surface area contributed by atoms with Gasteiger partial charge in [0.1, 0.15) is 17.7 Å². The van der Waals surface area contributed by atoms with Gasteiger partial charge in [0.25, 0.3) is 0 Å². The van der Waals surface area contributed by atoms with Gasteiger partial charge >= 0.3 is 12.1 Å².